The van der Waals surface area contributed by atoms with Crippen LogP contribution in [0.3, 0.4) is 0 Å². The molecule has 0 aliphatic carbocycles. The molecule has 0 saturated carbocycles. The molecule has 3 heteroatoms. The van der Waals surface area contributed by atoms with E-state index in [-0.39, 0.29) is 6.10 Å². The van der Waals surface area contributed by atoms with Gasteiger partial charge in [-0.15, -0.1) is 11.6 Å². The quantitative estimate of drug-likeness (QED) is 0.552. The molecule has 0 aliphatic heterocycles. The van der Waals surface area contributed by atoms with E-state index in [1.807, 2.05) is 6.07 Å². The molecular formula is C13H21ClOSi. The molecule has 0 saturated heterocycles. The van der Waals surface area contributed by atoms with Crippen LogP contribution in [0.2, 0.25) is 12.6 Å². The Kier molecular flexibility index (Phi) is 5.53. The summed E-state index contributed by atoms with van der Waals surface area (Å²) in [5.41, 5.74) is 2.05. The van der Waals surface area contributed by atoms with Crippen LogP contribution < -0.4 is 0 Å². The van der Waals surface area contributed by atoms with E-state index >= 15 is 0 Å². The first kappa shape index (κ1) is 13.8. The Labute approximate surface area is 105 Å². The second-order valence-corrected chi connectivity index (χ2v) is 9.44. The molecule has 0 aliphatic rings. The monoisotopic (exact) mass is 256 g/mol. The maximum absolute atomic E-state index is 6.06. The minimum Gasteiger partial charge on any atom is -0.414 e. The highest BCUT2D eigenvalue weighted by Gasteiger charge is 2.28. The second kappa shape index (κ2) is 6.43. The van der Waals surface area contributed by atoms with E-state index in [2.05, 4.69) is 44.7 Å². The first-order chi connectivity index (χ1) is 7.56. The molecule has 1 atom stereocenters. The number of aryl methyl sites for hydroxylation is 1. The molecule has 0 fully saturated rings. The zero-order chi connectivity index (χ0) is 12.0. The van der Waals surface area contributed by atoms with Crippen molar-refractivity contribution in [2.24, 2.45) is 0 Å². The van der Waals surface area contributed by atoms with Crippen LogP contribution in [0.15, 0.2) is 30.3 Å². The van der Waals surface area contributed by atoms with Crippen molar-refractivity contribution >= 4 is 19.9 Å². The van der Waals surface area contributed by atoms with E-state index in [1.165, 1.54) is 5.56 Å². The molecule has 0 radical (unpaired) electrons. The lowest BCUT2D eigenvalue weighted by Crippen LogP contribution is -2.40. The maximum Gasteiger partial charge on any atom is 0.204 e. The van der Waals surface area contributed by atoms with Crippen molar-refractivity contribution in [3.63, 3.8) is 0 Å². The highest BCUT2D eigenvalue weighted by Crippen LogP contribution is 2.19. The molecule has 0 N–H and O–H groups in total. The highest BCUT2D eigenvalue weighted by molar-refractivity contribution is 6.78. The third-order valence-corrected chi connectivity index (χ3v) is 7.20. The first-order valence-corrected chi connectivity index (χ1v) is 9.19. The van der Waals surface area contributed by atoms with Gasteiger partial charge in [-0.2, -0.15) is 0 Å². The van der Waals surface area contributed by atoms with Gasteiger partial charge >= 0.3 is 0 Å². The van der Waals surface area contributed by atoms with E-state index < -0.39 is 8.32 Å². The van der Waals surface area contributed by atoms with Gasteiger partial charge in [-0.1, -0.05) is 30.3 Å². The molecule has 0 spiro atoms. The Morgan fingerprint density at radius 2 is 1.88 bits per heavy atom. The highest BCUT2D eigenvalue weighted by atomic mass is 35.5. The van der Waals surface area contributed by atoms with Gasteiger partial charge in [0.25, 0.3) is 0 Å². The standard InChI is InChI=1S/C13H21ClOSi/c1-12(2)15-16(3,11-14)10-9-13-7-5-4-6-8-13/h4-8,12H,9-11H2,1-3H3. The predicted molar refractivity (Wildman–Crippen MR) is 73.5 cm³/mol. The molecule has 1 unspecified atom stereocenters. The lowest BCUT2D eigenvalue weighted by molar-refractivity contribution is 0.230. The van der Waals surface area contributed by atoms with Crippen LogP contribution in [-0.4, -0.2) is 19.9 Å². The fourth-order valence-electron chi connectivity index (χ4n) is 1.78. The zero-order valence-corrected chi connectivity index (χ0v) is 12.1. The van der Waals surface area contributed by atoms with Crippen molar-refractivity contribution < 1.29 is 4.43 Å². The molecule has 1 aromatic carbocycles. The largest absolute Gasteiger partial charge is 0.414 e. The van der Waals surface area contributed by atoms with Crippen LogP contribution in [0.1, 0.15) is 19.4 Å². The molecule has 0 aromatic heterocycles. The summed E-state index contributed by atoms with van der Waals surface area (Å²) in [5, 5.41) is 0. The van der Waals surface area contributed by atoms with Crippen molar-refractivity contribution in [2.75, 3.05) is 5.50 Å². The van der Waals surface area contributed by atoms with E-state index in [0.29, 0.717) is 5.50 Å². The summed E-state index contributed by atoms with van der Waals surface area (Å²) < 4.78 is 6.02. The number of hydrogen-bond donors (Lipinski definition) is 0. The molecule has 0 bridgehead atoms. The Bertz CT molecular complexity index is 302. The topological polar surface area (TPSA) is 9.23 Å². The predicted octanol–water partition coefficient (Wildman–Crippen LogP) is 4.01. The van der Waals surface area contributed by atoms with Gasteiger partial charge in [-0.3, -0.25) is 0 Å². The van der Waals surface area contributed by atoms with E-state index in [0.717, 1.165) is 12.5 Å². The zero-order valence-electron chi connectivity index (χ0n) is 10.4. The lowest BCUT2D eigenvalue weighted by Gasteiger charge is -2.27. The molecule has 90 valence electrons. The van der Waals surface area contributed by atoms with Crippen LogP contribution in [0.25, 0.3) is 0 Å². The lowest BCUT2D eigenvalue weighted by atomic mass is 10.2. The number of hydrogen-bond acceptors (Lipinski definition) is 1. The van der Waals surface area contributed by atoms with Gasteiger partial charge in [0.1, 0.15) is 0 Å². The van der Waals surface area contributed by atoms with Gasteiger partial charge in [0, 0.05) is 11.6 Å². The Morgan fingerprint density at radius 3 is 2.38 bits per heavy atom. The van der Waals surface area contributed by atoms with Crippen LogP contribution in [0.4, 0.5) is 0 Å². The number of halogens is 1. The summed E-state index contributed by atoms with van der Waals surface area (Å²) >= 11 is 6.06. The smallest absolute Gasteiger partial charge is 0.204 e. The van der Waals surface area contributed by atoms with Gasteiger partial charge < -0.3 is 4.43 Å². The van der Waals surface area contributed by atoms with Crippen LogP contribution in [0, 0.1) is 0 Å². The number of alkyl halides is 1. The molecule has 16 heavy (non-hydrogen) atoms. The summed E-state index contributed by atoms with van der Waals surface area (Å²) in [6.07, 6.45) is 1.36. The average molecular weight is 257 g/mol. The van der Waals surface area contributed by atoms with Gasteiger partial charge in [-0.05, 0) is 38.4 Å². The Hall–Kier alpha value is -0.313. The molecular weight excluding hydrogens is 236 g/mol. The SMILES string of the molecule is CC(C)O[Si](C)(CCl)CCc1ccccc1. The maximum atomic E-state index is 6.06. The minimum atomic E-state index is -1.70. The molecule has 0 amide bonds. The molecule has 1 rings (SSSR count). The van der Waals surface area contributed by atoms with Crippen LogP contribution in [0.5, 0.6) is 0 Å². The van der Waals surface area contributed by atoms with Gasteiger partial charge in [0.2, 0.25) is 8.32 Å². The van der Waals surface area contributed by atoms with Crippen molar-refractivity contribution in [1.82, 2.24) is 0 Å². The van der Waals surface area contributed by atoms with Gasteiger partial charge in [-0.25, -0.2) is 0 Å². The van der Waals surface area contributed by atoms with Crippen molar-refractivity contribution in [3.8, 4) is 0 Å². The molecule has 0 heterocycles. The second-order valence-electron chi connectivity index (χ2n) is 4.74. The number of rotatable bonds is 6. The van der Waals surface area contributed by atoms with Gasteiger partial charge in [0.15, 0.2) is 0 Å². The summed E-state index contributed by atoms with van der Waals surface area (Å²) in [4.78, 5) is 0. The van der Waals surface area contributed by atoms with Gasteiger partial charge in [0.05, 0.1) is 0 Å². The summed E-state index contributed by atoms with van der Waals surface area (Å²) in [6, 6.07) is 11.6. The third kappa shape index (κ3) is 4.68. The Balaban J connectivity index is 2.51. The van der Waals surface area contributed by atoms with Crippen molar-refractivity contribution in [3.05, 3.63) is 35.9 Å². The summed E-state index contributed by atoms with van der Waals surface area (Å²) in [5.74, 6) is 0. The van der Waals surface area contributed by atoms with Crippen LogP contribution in [-0.2, 0) is 10.8 Å². The fraction of sp³-hybridized carbons (Fsp3) is 0.538. The van der Waals surface area contributed by atoms with Crippen molar-refractivity contribution in [1.29, 1.82) is 0 Å². The summed E-state index contributed by atoms with van der Waals surface area (Å²) in [6.45, 7) is 6.39. The van der Waals surface area contributed by atoms with Crippen molar-refractivity contribution in [2.45, 2.75) is 39.0 Å². The normalized spacial score (nSPS) is 15.1. The minimum absolute atomic E-state index is 0.284. The molecule has 1 aromatic rings. The van der Waals surface area contributed by atoms with E-state index in [9.17, 15) is 0 Å². The summed E-state index contributed by atoms with van der Waals surface area (Å²) in [7, 11) is -1.70. The van der Waals surface area contributed by atoms with E-state index in [1.54, 1.807) is 0 Å². The third-order valence-electron chi connectivity index (χ3n) is 2.59. The van der Waals surface area contributed by atoms with E-state index in [4.69, 9.17) is 16.0 Å². The van der Waals surface area contributed by atoms with Crippen LogP contribution >= 0.6 is 11.6 Å². The Morgan fingerprint density at radius 1 is 1.25 bits per heavy atom. The molecule has 1 nitrogen and oxygen atoms in total. The fourth-order valence-corrected chi connectivity index (χ4v) is 4.64. The number of benzene rings is 1. The first-order valence-electron chi connectivity index (χ1n) is 5.83. The average Bonchev–Trinajstić information content (AvgIpc) is 2.27.